The van der Waals surface area contributed by atoms with Crippen LogP contribution in [-0.2, 0) is 14.3 Å². The zero-order chi connectivity index (χ0) is 21.7. The molecule has 3 N–H and O–H groups in total. The summed E-state index contributed by atoms with van der Waals surface area (Å²) in [5.74, 6) is -1.04. The first-order valence-corrected chi connectivity index (χ1v) is 10.5. The molecule has 0 unspecified atom stereocenters. The van der Waals surface area contributed by atoms with Gasteiger partial charge in [0.15, 0.2) is 10.3 Å². The molecule has 0 aliphatic rings. The number of rotatable bonds is 7. The largest absolute Gasteiger partial charge is 0.468 e. The fraction of sp³-hybridized carbons (Fsp3) is 0.211. The highest BCUT2D eigenvalue weighted by molar-refractivity contribution is 7.20. The van der Waals surface area contributed by atoms with Crippen LogP contribution in [0.4, 0.5) is 16.0 Å². The Balaban J connectivity index is 1.65. The third-order valence-electron chi connectivity index (χ3n) is 3.84. The van der Waals surface area contributed by atoms with Crippen molar-refractivity contribution < 1.29 is 19.1 Å². The van der Waals surface area contributed by atoms with Gasteiger partial charge in [0, 0.05) is 23.6 Å². The molecule has 1 aromatic carbocycles. The standard InChI is InChI=1S/C19H19N5O4S2/c1-10-16(30-19(21-10)22-11(2)25)14-9-29-18(24-14)23-13-6-4-12(5-7-13)17(27)20-8-15(26)28-3/h4-7,9H,8H2,1-3H3,(H,20,27)(H,23,24)(H,21,22,25). The zero-order valence-corrected chi connectivity index (χ0v) is 18.1. The molecule has 0 atom stereocenters. The molecule has 0 saturated heterocycles. The number of aryl methyl sites for hydroxylation is 1. The van der Waals surface area contributed by atoms with Gasteiger partial charge >= 0.3 is 5.97 Å². The molecule has 0 bridgehead atoms. The number of carbonyl (C=O) groups excluding carboxylic acids is 3. The quantitative estimate of drug-likeness (QED) is 0.477. The van der Waals surface area contributed by atoms with Crippen molar-refractivity contribution in [1.82, 2.24) is 15.3 Å². The maximum atomic E-state index is 12.0. The number of methoxy groups -OCH3 is 1. The van der Waals surface area contributed by atoms with Crippen molar-refractivity contribution >= 4 is 56.4 Å². The first kappa shape index (κ1) is 21.4. The number of nitrogens with zero attached hydrogens (tertiary/aromatic N) is 2. The van der Waals surface area contributed by atoms with Crippen LogP contribution in [0.1, 0.15) is 23.0 Å². The Bertz CT molecular complexity index is 1080. The number of ether oxygens (including phenoxy) is 1. The lowest BCUT2D eigenvalue weighted by atomic mass is 10.2. The first-order valence-electron chi connectivity index (χ1n) is 8.78. The minimum absolute atomic E-state index is 0.168. The van der Waals surface area contributed by atoms with Crippen LogP contribution in [0.15, 0.2) is 29.6 Å². The summed E-state index contributed by atoms with van der Waals surface area (Å²) in [5, 5.41) is 11.5. The third-order valence-corrected chi connectivity index (χ3v) is 5.69. The van der Waals surface area contributed by atoms with Crippen molar-refractivity contribution in [2.75, 3.05) is 24.3 Å². The second-order valence-electron chi connectivity index (χ2n) is 6.11. The van der Waals surface area contributed by atoms with Crippen molar-refractivity contribution in [2.45, 2.75) is 13.8 Å². The average molecular weight is 446 g/mol. The van der Waals surface area contributed by atoms with E-state index >= 15 is 0 Å². The van der Waals surface area contributed by atoms with Gasteiger partial charge in [-0.2, -0.15) is 0 Å². The molecule has 2 heterocycles. The van der Waals surface area contributed by atoms with Crippen molar-refractivity contribution in [3.05, 3.63) is 40.9 Å². The highest BCUT2D eigenvalue weighted by atomic mass is 32.1. The lowest BCUT2D eigenvalue weighted by Crippen LogP contribution is -2.30. The van der Waals surface area contributed by atoms with E-state index in [0.717, 1.165) is 22.0 Å². The Hall–Kier alpha value is -3.31. The van der Waals surface area contributed by atoms with Gasteiger partial charge in [-0.25, -0.2) is 9.97 Å². The minimum atomic E-state index is -0.512. The smallest absolute Gasteiger partial charge is 0.325 e. The SMILES string of the molecule is COC(=O)CNC(=O)c1ccc(Nc2nc(-c3sc(NC(C)=O)nc3C)cs2)cc1. The second kappa shape index (κ2) is 9.46. The van der Waals surface area contributed by atoms with Crippen LogP contribution < -0.4 is 16.0 Å². The molecule has 0 spiro atoms. The highest BCUT2D eigenvalue weighted by Gasteiger charge is 2.14. The molecular weight excluding hydrogens is 426 g/mol. The van der Waals surface area contributed by atoms with Gasteiger partial charge in [0.05, 0.1) is 23.4 Å². The van der Waals surface area contributed by atoms with E-state index in [1.807, 2.05) is 12.3 Å². The van der Waals surface area contributed by atoms with Crippen LogP contribution in [-0.4, -0.2) is 41.4 Å². The second-order valence-corrected chi connectivity index (χ2v) is 7.97. The number of anilines is 3. The number of thiazole rings is 2. The van der Waals surface area contributed by atoms with Gasteiger partial charge < -0.3 is 20.7 Å². The van der Waals surface area contributed by atoms with Crippen LogP contribution >= 0.6 is 22.7 Å². The first-order chi connectivity index (χ1) is 14.4. The van der Waals surface area contributed by atoms with E-state index in [1.54, 1.807) is 24.3 Å². The number of carbonyl (C=O) groups is 3. The summed E-state index contributed by atoms with van der Waals surface area (Å²) < 4.78 is 4.49. The Morgan fingerprint density at radius 1 is 1.10 bits per heavy atom. The predicted molar refractivity (Wildman–Crippen MR) is 116 cm³/mol. The Labute approximate surface area is 180 Å². The van der Waals surface area contributed by atoms with Crippen LogP contribution in [0.2, 0.25) is 0 Å². The lowest BCUT2D eigenvalue weighted by molar-refractivity contribution is -0.139. The average Bonchev–Trinajstić information content (AvgIpc) is 3.31. The van der Waals surface area contributed by atoms with E-state index in [9.17, 15) is 14.4 Å². The third kappa shape index (κ3) is 5.39. The van der Waals surface area contributed by atoms with Gasteiger partial charge in [-0.1, -0.05) is 11.3 Å². The molecule has 0 aliphatic heterocycles. The summed E-state index contributed by atoms with van der Waals surface area (Å²) in [5.41, 5.74) is 2.76. The van der Waals surface area contributed by atoms with Crippen molar-refractivity contribution in [1.29, 1.82) is 0 Å². The molecule has 9 nitrogen and oxygen atoms in total. The topological polar surface area (TPSA) is 122 Å². The number of hydrogen-bond donors (Lipinski definition) is 3. The summed E-state index contributed by atoms with van der Waals surface area (Å²) in [6.45, 7) is 3.13. The molecule has 0 radical (unpaired) electrons. The monoisotopic (exact) mass is 445 g/mol. The van der Waals surface area contributed by atoms with Crippen molar-refractivity contribution in [3.8, 4) is 10.6 Å². The maximum Gasteiger partial charge on any atom is 0.325 e. The van der Waals surface area contributed by atoms with Crippen LogP contribution in [0.25, 0.3) is 10.6 Å². The van der Waals surface area contributed by atoms with Gasteiger partial charge in [-0.05, 0) is 31.2 Å². The minimum Gasteiger partial charge on any atom is -0.468 e. The molecule has 0 fully saturated rings. The molecule has 2 aromatic heterocycles. The van der Waals surface area contributed by atoms with Gasteiger partial charge in [-0.15, -0.1) is 11.3 Å². The van der Waals surface area contributed by atoms with E-state index in [2.05, 4.69) is 30.7 Å². The van der Waals surface area contributed by atoms with E-state index in [4.69, 9.17) is 0 Å². The summed E-state index contributed by atoms with van der Waals surface area (Å²) in [4.78, 5) is 44.1. The lowest BCUT2D eigenvalue weighted by Gasteiger charge is -2.06. The Kier molecular flexibility index (Phi) is 6.75. The number of esters is 1. The normalized spacial score (nSPS) is 10.4. The van der Waals surface area contributed by atoms with Gasteiger partial charge in [-0.3, -0.25) is 14.4 Å². The molecule has 0 aliphatic carbocycles. The summed E-state index contributed by atoms with van der Waals surface area (Å²) >= 11 is 2.80. The Morgan fingerprint density at radius 3 is 2.50 bits per heavy atom. The number of nitrogens with one attached hydrogen (secondary N) is 3. The Morgan fingerprint density at radius 2 is 1.83 bits per heavy atom. The van der Waals surface area contributed by atoms with Crippen LogP contribution in [0, 0.1) is 6.92 Å². The molecule has 11 heteroatoms. The number of benzene rings is 1. The van der Waals surface area contributed by atoms with E-state index in [0.29, 0.717) is 15.8 Å². The summed E-state index contributed by atoms with van der Waals surface area (Å²) in [6, 6.07) is 6.80. The highest BCUT2D eigenvalue weighted by Crippen LogP contribution is 2.35. The predicted octanol–water partition coefficient (Wildman–Crippen LogP) is 3.18. The van der Waals surface area contributed by atoms with Crippen LogP contribution in [0.3, 0.4) is 0 Å². The molecule has 2 amide bonds. The molecule has 3 rings (SSSR count). The zero-order valence-electron chi connectivity index (χ0n) is 16.4. The van der Waals surface area contributed by atoms with E-state index in [1.165, 1.54) is 36.7 Å². The number of aromatic nitrogens is 2. The maximum absolute atomic E-state index is 12.0. The summed E-state index contributed by atoms with van der Waals surface area (Å²) in [6.07, 6.45) is 0. The van der Waals surface area contributed by atoms with Crippen LogP contribution in [0.5, 0.6) is 0 Å². The number of amides is 2. The molecule has 3 aromatic rings. The van der Waals surface area contributed by atoms with E-state index in [-0.39, 0.29) is 18.4 Å². The molecular formula is C19H19N5O4S2. The van der Waals surface area contributed by atoms with Gasteiger partial charge in [0.1, 0.15) is 6.54 Å². The fourth-order valence-corrected chi connectivity index (χ4v) is 4.20. The molecule has 156 valence electrons. The molecule has 0 saturated carbocycles. The fourth-order valence-electron chi connectivity index (χ4n) is 2.43. The van der Waals surface area contributed by atoms with Gasteiger partial charge in [0.2, 0.25) is 5.91 Å². The molecule has 30 heavy (non-hydrogen) atoms. The van der Waals surface area contributed by atoms with Gasteiger partial charge in [0.25, 0.3) is 5.91 Å². The van der Waals surface area contributed by atoms with E-state index < -0.39 is 5.97 Å². The van der Waals surface area contributed by atoms with Crippen molar-refractivity contribution in [3.63, 3.8) is 0 Å². The number of hydrogen-bond acceptors (Lipinski definition) is 9. The van der Waals surface area contributed by atoms with Crippen molar-refractivity contribution in [2.24, 2.45) is 0 Å². The summed E-state index contributed by atoms with van der Waals surface area (Å²) in [7, 11) is 1.26.